The van der Waals surface area contributed by atoms with Gasteiger partial charge in [0.25, 0.3) is 0 Å². The van der Waals surface area contributed by atoms with Crippen molar-refractivity contribution in [2.24, 2.45) is 0 Å². The molecule has 4 N–H and O–H groups in total. The minimum atomic E-state index is -1.16. The molecule has 5 heteroatoms. The number of hydrogen-bond donors (Lipinski definition) is 4. The molecule has 5 nitrogen and oxygen atoms in total. The topological polar surface area (TPSA) is 89.8 Å². The maximum absolute atomic E-state index is 10.8. The third-order valence-electron chi connectivity index (χ3n) is 2.99. The van der Waals surface area contributed by atoms with Gasteiger partial charge in [0.05, 0.1) is 0 Å². The number of carboxylic acids is 1. The van der Waals surface area contributed by atoms with Crippen molar-refractivity contribution in [3.8, 4) is 17.6 Å². The van der Waals surface area contributed by atoms with Crippen LogP contribution < -0.4 is 5.32 Å². The highest BCUT2D eigenvalue weighted by Gasteiger charge is 2.09. The molecule has 0 amide bonds. The van der Waals surface area contributed by atoms with Gasteiger partial charge in [-0.25, -0.2) is 4.79 Å². The molecule has 2 rings (SSSR count). The van der Waals surface area contributed by atoms with Crippen molar-refractivity contribution >= 4 is 11.7 Å². The van der Waals surface area contributed by atoms with E-state index in [1.807, 2.05) is 24.3 Å². The van der Waals surface area contributed by atoms with Crippen LogP contribution in [0.25, 0.3) is 0 Å². The average Bonchev–Trinajstić information content (AvgIpc) is 2.51. The lowest BCUT2D eigenvalue weighted by Gasteiger charge is -2.08. The molecule has 22 heavy (non-hydrogen) atoms. The van der Waals surface area contributed by atoms with Crippen LogP contribution in [0.15, 0.2) is 42.5 Å². The fourth-order valence-electron chi connectivity index (χ4n) is 1.87. The van der Waals surface area contributed by atoms with Crippen molar-refractivity contribution in [2.75, 3.05) is 11.9 Å². The van der Waals surface area contributed by atoms with Crippen molar-refractivity contribution in [2.45, 2.75) is 6.54 Å². The number of aliphatic hydroxyl groups excluding tert-OH is 1. The Kier molecular flexibility index (Phi) is 5.02. The lowest BCUT2D eigenvalue weighted by molar-refractivity contribution is 0.0694. The fourth-order valence-corrected chi connectivity index (χ4v) is 1.87. The molecule has 0 saturated carbocycles. The predicted molar refractivity (Wildman–Crippen MR) is 82.8 cm³/mol. The zero-order valence-electron chi connectivity index (χ0n) is 11.7. The van der Waals surface area contributed by atoms with Crippen LogP contribution in [0.2, 0.25) is 0 Å². The van der Waals surface area contributed by atoms with Crippen LogP contribution in [0, 0.1) is 11.8 Å². The molecular formula is C17H15NO4. The summed E-state index contributed by atoms with van der Waals surface area (Å²) in [5.41, 5.74) is 2.33. The lowest BCUT2D eigenvalue weighted by atomic mass is 10.1. The third-order valence-corrected chi connectivity index (χ3v) is 2.99. The molecule has 0 fully saturated rings. The first-order valence-electron chi connectivity index (χ1n) is 6.59. The Morgan fingerprint density at radius 1 is 1.14 bits per heavy atom. The summed E-state index contributed by atoms with van der Waals surface area (Å²) in [5, 5.41) is 30.2. The quantitative estimate of drug-likeness (QED) is 0.649. The second kappa shape index (κ2) is 7.16. The number of phenols is 1. The van der Waals surface area contributed by atoms with Gasteiger partial charge < -0.3 is 20.6 Å². The second-order valence-electron chi connectivity index (χ2n) is 4.55. The molecule has 2 aromatic rings. The van der Waals surface area contributed by atoms with Gasteiger partial charge in [-0.1, -0.05) is 24.0 Å². The van der Waals surface area contributed by atoms with Gasteiger partial charge in [-0.3, -0.25) is 0 Å². The molecule has 0 atom stereocenters. The first-order valence-corrected chi connectivity index (χ1v) is 6.59. The number of anilines is 1. The summed E-state index contributed by atoms with van der Waals surface area (Å²) < 4.78 is 0. The molecule has 112 valence electrons. The molecule has 0 aliphatic heterocycles. The van der Waals surface area contributed by atoms with Crippen LogP contribution in [-0.2, 0) is 6.54 Å². The molecule has 0 bridgehead atoms. The Balaban J connectivity index is 2.01. The molecule has 0 aliphatic carbocycles. The van der Waals surface area contributed by atoms with Gasteiger partial charge in [0.15, 0.2) is 0 Å². The normalized spacial score (nSPS) is 9.68. The lowest BCUT2D eigenvalue weighted by Crippen LogP contribution is -2.01. The Morgan fingerprint density at radius 2 is 1.86 bits per heavy atom. The van der Waals surface area contributed by atoms with Crippen molar-refractivity contribution in [1.29, 1.82) is 0 Å². The Hall–Kier alpha value is -2.97. The van der Waals surface area contributed by atoms with Crippen LogP contribution in [0.3, 0.4) is 0 Å². The maximum Gasteiger partial charge on any atom is 0.339 e. The Bertz CT molecular complexity index is 727. The van der Waals surface area contributed by atoms with Gasteiger partial charge in [0.2, 0.25) is 0 Å². The standard InChI is InChI=1S/C17H15NO4/c19-9-1-2-12-3-5-13(6-4-12)11-18-14-7-8-15(17(21)22)16(20)10-14/h3-8,10,18-20H,9,11H2,(H,21,22). The van der Waals surface area contributed by atoms with Crippen molar-refractivity contribution < 1.29 is 20.1 Å². The molecule has 0 unspecified atom stereocenters. The van der Waals surface area contributed by atoms with E-state index in [0.717, 1.165) is 11.1 Å². The number of carboxylic acid groups (broad SMARTS) is 1. The molecule has 0 radical (unpaired) electrons. The summed E-state index contributed by atoms with van der Waals surface area (Å²) in [7, 11) is 0. The van der Waals surface area contributed by atoms with Gasteiger partial charge >= 0.3 is 5.97 Å². The zero-order valence-corrected chi connectivity index (χ0v) is 11.7. The zero-order chi connectivity index (χ0) is 15.9. The molecule has 0 spiro atoms. The summed E-state index contributed by atoms with van der Waals surface area (Å²) in [4.78, 5) is 10.8. The molecule has 0 aliphatic rings. The van der Waals surface area contributed by atoms with E-state index in [1.54, 1.807) is 6.07 Å². The highest BCUT2D eigenvalue weighted by atomic mass is 16.4. The molecular weight excluding hydrogens is 282 g/mol. The number of carbonyl (C=O) groups is 1. The Labute approximate surface area is 127 Å². The number of aromatic carboxylic acids is 1. The van der Waals surface area contributed by atoms with E-state index >= 15 is 0 Å². The third kappa shape index (κ3) is 4.01. The molecule has 0 heterocycles. The Morgan fingerprint density at radius 3 is 2.45 bits per heavy atom. The van der Waals surface area contributed by atoms with Gasteiger partial charge in [-0.2, -0.15) is 0 Å². The van der Waals surface area contributed by atoms with Crippen LogP contribution in [0.4, 0.5) is 5.69 Å². The maximum atomic E-state index is 10.8. The number of nitrogens with one attached hydrogen (secondary N) is 1. The SMILES string of the molecule is O=C(O)c1ccc(NCc2ccc(C#CCO)cc2)cc1O. The molecule has 0 saturated heterocycles. The monoisotopic (exact) mass is 297 g/mol. The van der Waals surface area contributed by atoms with Gasteiger partial charge in [0.1, 0.15) is 17.9 Å². The second-order valence-corrected chi connectivity index (χ2v) is 4.55. The minimum Gasteiger partial charge on any atom is -0.507 e. The van der Waals surface area contributed by atoms with E-state index in [2.05, 4.69) is 17.2 Å². The molecule has 0 aromatic heterocycles. The van der Waals surface area contributed by atoms with Gasteiger partial charge in [0, 0.05) is 23.9 Å². The molecule has 2 aromatic carbocycles. The highest BCUT2D eigenvalue weighted by molar-refractivity contribution is 5.91. The van der Waals surface area contributed by atoms with E-state index in [-0.39, 0.29) is 17.9 Å². The minimum absolute atomic E-state index is 0.127. The summed E-state index contributed by atoms with van der Waals surface area (Å²) in [6, 6.07) is 11.8. The van der Waals surface area contributed by atoms with Crippen molar-refractivity contribution in [1.82, 2.24) is 0 Å². The first-order chi connectivity index (χ1) is 10.6. The largest absolute Gasteiger partial charge is 0.507 e. The fraction of sp³-hybridized carbons (Fsp3) is 0.118. The number of hydrogen-bond acceptors (Lipinski definition) is 4. The van der Waals surface area contributed by atoms with E-state index in [0.29, 0.717) is 12.2 Å². The van der Waals surface area contributed by atoms with Gasteiger partial charge in [-0.15, -0.1) is 0 Å². The summed E-state index contributed by atoms with van der Waals surface area (Å²) in [5.74, 6) is 3.95. The predicted octanol–water partition coefficient (Wildman–Crippen LogP) is 2.05. The van der Waals surface area contributed by atoms with Crippen LogP contribution >= 0.6 is 0 Å². The van der Waals surface area contributed by atoms with E-state index < -0.39 is 5.97 Å². The summed E-state index contributed by atoms with van der Waals surface area (Å²) in [6.45, 7) is 0.360. The van der Waals surface area contributed by atoms with Crippen molar-refractivity contribution in [3.63, 3.8) is 0 Å². The summed E-state index contributed by atoms with van der Waals surface area (Å²) >= 11 is 0. The number of rotatable bonds is 4. The summed E-state index contributed by atoms with van der Waals surface area (Å²) in [6.07, 6.45) is 0. The van der Waals surface area contributed by atoms with Crippen LogP contribution in [0.1, 0.15) is 21.5 Å². The smallest absolute Gasteiger partial charge is 0.339 e. The van der Waals surface area contributed by atoms with Crippen LogP contribution in [0.5, 0.6) is 5.75 Å². The average molecular weight is 297 g/mol. The number of benzene rings is 2. The van der Waals surface area contributed by atoms with E-state index in [4.69, 9.17) is 10.2 Å². The highest BCUT2D eigenvalue weighted by Crippen LogP contribution is 2.22. The number of aromatic hydroxyl groups is 1. The number of aliphatic hydroxyl groups is 1. The van der Waals surface area contributed by atoms with E-state index in [9.17, 15) is 9.90 Å². The van der Waals surface area contributed by atoms with E-state index in [1.165, 1.54) is 12.1 Å². The first kappa shape index (κ1) is 15.4. The van der Waals surface area contributed by atoms with Gasteiger partial charge in [-0.05, 0) is 29.8 Å². The van der Waals surface area contributed by atoms with Crippen molar-refractivity contribution in [3.05, 3.63) is 59.2 Å². The van der Waals surface area contributed by atoms with Crippen LogP contribution in [-0.4, -0.2) is 27.9 Å².